The Morgan fingerprint density at radius 1 is 1.37 bits per heavy atom. The summed E-state index contributed by atoms with van der Waals surface area (Å²) in [4.78, 5) is 13.9. The smallest absolute Gasteiger partial charge is 0.260 e. The fourth-order valence-electron chi connectivity index (χ4n) is 1.84. The highest BCUT2D eigenvalue weighted by Crippen LogP contribution is 2.17. The zero-order chi connectivity index (χ0) is 13.7. The van der Waals surface area contributed by atoms with Crippen LogP contribution in [0.5, 0.6) is 5.75 Å². The number of para-hydroxylation sites is 1. The van der Waals surface area contributed by atoms with E-state index in [9.17, 15) is 4.79 Å². The molecule has 2 rings (SSSR count). The van der Waals surface area contributed by atoms with Gasteiger partial charge in [-0.3, -0.25) is 4.79 Å². The van der Waals surface area contributed by atoms with Gasteiger partial charge in [0.2, 0.25) is 0 Å². The van der Waals surface area contributed by atoms with E-state index in [0.717, 1.165) is 0 Å². The van der Waals surface area contributed by atoms with Crippen molar-refractivity contribution in [1.29, 1.82) is 0 Å². The lowest BCUT2D eigenvalue weighted by molar-refractivity contribution is -0.137. The van der Waals surface area contributed by atoms with E-state index < -0.39 is 0 Å². The second-order valence-corrected chi connectivity index (χ2v) is 4.58. The minimum absolute atomic E-state index is 0.0143. The number of thiocarbonyl (C=S) groups is 1. The predicted molar refractivity (Wildman–Crippen MR) is 75.2 cm³/mol. The Kier molecular flexibility index (Phi) is 4.70. The molecule has 0 bridgehead atoms. The third-order valence-electron chi connectivity index (χ3n) is 2.87. The zero-order valence-corrected chi connectivity index (χ0v) is 11.3. The van der Waals surface area contributed by atoms with Crippen LogP contribution >= 0.6 is 12.2 Å². The Hall–Kier alpha value is -1.66. The normalized spacial score (nSPS) is 15.1. The van der Waals surface area contributed by atoms with Crippen LogP contribution in [0.4, 0.5) is 0 Å². The molecule has 1 heterocycles. The van der Waals surface area contributed by atoms with Crippen LogP contribution in [0, 0.1) is 0 Å². The van der Waals surface area contributed by atoms with Crippen LogP contribution in [0.2, 0.25) is 0 Å². The minimum Gasteiger partial charge on any atom is -0.483 e. The second kappa shape index (κ2) is 6.49. The lowest BCUT2D eigenvalue weighted by atomic mass is 10.2. The first-order chi connectivity index (χ1) is 9.18. The van der Waals surface area contributed by atoms with Crippen molar-refractivity contribution in [2.45, 2.75) is 0 Å². The fourth-order valence-corrected chi connectivity index (χ4v) is 2.01. The lowest BCUT2D eigenvalue weighted by Crippen LogP contribution is -2.43. The van der Waals surface area contributed by atoms with E-state index >= 15 is 0 Å². The highest BCUT2D eigenvalue weighted by molar-refractivity contribution is 7.80. The molecule has 0 atom stereocenters. The van der Waals surface area contributed by atoms with Crippen LogP contribution < -0.4 is 10.5 Å². The number of hydrogen-bond acceptors (Lipinski definition) is 4. The van der Waals surface area contributed by atoms with Crippen molar-refractivity contribution in [1.82, 2.24) is 4.90 Å². The molecule has 102 valence electrons. The summed E-state index contributed by atoms with van der Waals surface area (Å²) in [6.07, 6.45) is 0. The Morgan fingerprint density at radius 2 is 2.05 bits per heavy atom. The van der Waals surface area contributed by atoms with Crippen molar-refractivity contribution < 1.29 is 14.3 Å². The van der Waals surface area contributed by atoms with Crippen molar-refractivity contribution in [2.24, 2.45) is 5.73 Å². The van der Waals surface area contributed by atoms with Crippen molar-refractivity contribution >= 4 is 23.1 Å². The molecule has 0 spiro atoms. The number of rotatable bonds is 4. The maximum Gasteiger partial charge on any atom is 0.260 e. The van der Waals surface area contributed by atoms with Crippen molar-refractivity contribution in [3.05, 3.63) is 29.8 Å². The van der Waals surface area contributed by atoms with Gasteiger partial charge in [-0.2, -0.15) is 0 Å². The van der Waals surface area contributed by atoms with Gasteiger partial charge >= 0.3 is 0 Å². The summed E-state index contributed by atoms with van der Waals surface area (Å²) in [7, 11) is 0. The number of morpholine rings is 1. The fraction of sp³-hybridized carbons (Fsp3) is 0.385. The quantitative estimate of drug-likeness (QED) is 0.816. The van der Waals surface area contributed by atoms with E-state index in [2.05, 4.69) is 0 Å². The second-order valence-electron chi connectivity index (χ2n) is 4.14. The molecule has 1 aliphatic heterocycles. The van der Waals surface area contributed by atoms with Crippen LogP contribution in [-0.4, -0.2) is 48.7 Å². The summed E-state index contributed by atoms with van der Waals surface area (Å²) in [5, 5.41) is 0. The van der Waals surface area contributed by atoms with Crippen LogP contribution in [0.3, 0.4) is 0 Å². The molecule has 1 fully saturated rings. The maximum atomic E-state index is 11.9. The Bertz CT molecular complexity index is 473. The number of benzene rings is 1. The number of carbonyl (C=O) groups is 1. The average molecular weight is 280 g/mol. The molecule has 0 radical (unpaired) electrons. The summed E-state index contributed by atoms with van der Waals surface area (Å²) in [6, 6.07) is 7.17. The Balaban J connectivity index is 1.94. The first-order valence-electron chi connectivity index (χ1n) is 6.05. The van der Waals surface area contributed by atoms with Crippen LogP contribution in [0.25, 0.3) is 0 Å². The van der Waals surface area contributed by atoms with E-state index in [4.69, 9.17) is 27.4 Å². The Morgan fingerprint density at radius 3 is 2.74 bits per heavy atom. The summed E-state index contributed by atoms with van der Waals surface area (Å²) >= 11 is 4.94. The van der Waals surface area contributed by atoms with Gasteiger partial charge in [0, 0.05) is 13.1 Å². The first kappa shape index (κ1) is 13.8. The zero-order valence-electron chi connectivity index (χ0n) is 10.5. The van der Waals surface area contributed by atoms with Crippen LogP contribution in [0.1, 0.15) is 5.56 Å². The van der Waals surface area contributed by atoms with Gasteiger partial charge in [-0.05, 0) is 12.1 Å². The van der Waals surface area contributed by atoms with E-state index in [1.54, 1.807) is 17.0 Å². The molecular weight excluding hydrogens is 264 g/mol. The SMILES string of the molecule is NC(=S)c1ccccc1OCC(=O)N1CCOCC1. The first-order valence-corrected chi connectivity index (χ1v) is 6.46. The molecule has 0 aliphatic carbocycles. The summed E-state index contributed by atoms with van der Waals surface area (Å²) in [5.74, 6) is 0.484. The van der Waals surface area contributed by atoms with Crippen LogP contribution in [-0.2, 0) is 9.53 Å². The van der Waals surface area contributed by atoms with Crippen molar-refractivity contribution in [2.75, 3.05) is 32.9 Å². The van der Waals surface area contributed by atoms with E-state index in [0.29, 0.717) is 37.6 Å². The standard InChI is InChI=1S/C13H16N2O3S/c14-13(19)10-3-1-2-4-11(10)18-9-12(16)15-5-7-17-8-6-15/h1-4H,5-9H2,(H2,14,19). The summed E-state index contributed by atoms with van der Waals surface area (Å²) < 4.78 is 10.7. The monoisotopic (exact) mass is 280 g/mol. The van der Waals surface area contributed by atoms with Gasteiger partial charge in [0.05, 0.1) is 18.8 Å². The number of carbonyl (C=O) groups excluding carboxylic acids is 1. The number of nitrogens with zero attached hydrogens (tertiary/aromatic N) is 1. The molecule has 0 aromatic heterocycles. The average Bonchev–Trinajstić information content (AvgIpc) is 2.46. The van der Waals surface area contributed by atoms with Crippen LogP contribution in [0.15, 0.2) is 24.3 Å². The van der Waals surface area contributed by atoms with Crippen molar-refractivity contribution in [3.63, 3.8) is 0 Å². The number of ether oxygens (including phenoxy) is 2. The summed E-state index contributed by atoms with van der Waals surface area (Å²) in [5.41, 5.74) is 6.25. The minimum atomic E-state index is -0.0546. The molecule has 1 aliphatic rings. The topological polar surface area (TPSA) is 64.8 Å². The van der Waals surface area contributed by atoms with Gasteiger partial charge in [0.25, 0.3) is 5.91 Å². The van der Waals surface area contributed by atoms with E-state index in [1.165, 1.54) is 0 Å². The van der Waals surface area contributed by atoms with Gasteiger partial charge < -0.3 is 20.1 Å². The molecule has 0 unspecified atom stereocenters. The molecule has 1 aromatic carbocycles. The maximum absolute atomic E-state index is 11.9. The summed E-state index contributed by atoms with van der Waals surface area (Å²) in [6.45, 7) is 2.36. The molecule has 19 heavy (non-hydrogen) atoms. The largest absolute Gasteiger partial charge is 0.483 e. The third-order valence-corrected chi connectivity index (χ3v) is 3.09. The highest BCUT2D eigenvalue weighted by Gasteiger charge is 2.17. The molecule has 2 N–H and O–H groups in total. The number of nitrogens with two attached hydrogens (primary N) is 1. The number of amides is 1. The van der Waals surface area contributed by atoms with E-state index in [-0.39, 0.29) is 17.5 Å². The molecule has 1 amide bonds. The number of hydrogen-bond donors (Lipinski definition) is 1. The van der Waals surface area contributed by atoms with Gasteiger partial charge in [0.1, 0.15) is 10.7 Å². The van der Waals surface area contributed by atoms with E-state index in [1.807, 2.05) is 12.1 Å². The predicted octanol–water partition coefficient (Wildman–Crippen LogP) is 0.558. The highest BCUT2D eigenvalue weighted by atomic mass is 32.1. The lowest BCUT2D eigenvalue weighted by Gasteiger charge is -2.26. The van der Waals surface area contributed by atoms with Crippen molar-refractivity contribution in [3.8, 4) is 5.75 Å². The Labute approximate surface area is 117 Å². The van der Waals surface area contributed by atoms with Gasteiger partial charge in [0.15, 0.2) is 6.61 Å². The molecule has 1 saturated heterocycles. The van der Waals surface area contributed by atoms with Gasteiger partial charge in [-0.1, -0.05) is 24.4 Å². The molecule has 0 saturated carbocycles. The molecular formula is C13H16N2O3S. The van der Waals surface area contributed by atoms with Gasteiger partial charge in [-0.25, -0.2) is 0 Å². The molecule has 5 nitrogen and oxygen atoms in total. The van der Waals surface area contributed by atoms with Gasteiger partial charge in [-0.15, -0.1) is 0 Å². The molecule has 1 aromatic rings. The molecule has 6 heteroatoms. The third kappa shape index (κ3) is 3.65.